The molecule has 0 aliphatic rings. The van der Waals surface area contributed by atoms with Crippen molar-refractivity contribution in [3.8, 4) is 11.5 Å². The molecule has 0 amide bonds. The van der Waals surface area contributed by atoms with Gasteiger partial charge in [-0.05, 0) is 37.6 Å². The van der Waals surface area contributed by atoms with Crippen LogP contribution in [0.5, 0.6) is 11.5 Å². The monoisotopic (exact) mass is 240 g/mol. The molecule has 0 radical (unpaired) electrons. The molecule has 2 aromatic carbocycles. The second-order valence-corrected chi connectivity index (χ2v) is 4.28. The molecule has 0 heterocycles. The van der Waals surface area contributed by atoms with Crippen LogP contribution < -0.4 is 10.5 Å². The minimum atomic E-state index is 0.0160. The molecule has 0 saturated heterocycles. The molecule has 3 heteroatoms. The van der Waals surface area contributed by atoms with Crippen molar-refractivity contribution in [1.29, 1.82) is 5.41 Å². The third-order valence-electron chi connectivity index (χ3n) is 2.74. The zero-order chi connectivity index (χ0) is 13.1. The fourth-order valence-corrected chi connectivity index (χ4v) is 1.73. The summed E-state index contributed by atoms with van der Waals surface area (Å²) in [5.41, 5.74) is 8.30. The topological polar surface area (TPSA) is 59.1 Å². The van der Waals surface area contributed by atoms with E-state index in [0.717, 1.165) is 16.9 Å². The summed E-state index contributed by atoms with van der Waals surface area (Å²) >= 11 is 0. The van der Waals surface area contributed by atoms with Gasteiger partial charge in [-0.1, -0.05) is 29.8 Å². The molecular formula is C15H16N2O. The molecule has 0 unspecified atom stereocenters. The molecule has 3 nitrogen and oxygen atoms in total. The van der Waals surface area contributed by atoms with Crippen LogP contribution in [0.2, 0.25) is 0 Å². The molecular weight excluding hydrogens is 224 g/mol. The van der Waals surface area contributed by atoms with Gasteiger partial charge < -0.3 is 10.5 Å². The van der Waals surface area contributed by atoms with Crippen molar-refractivity contribution in [2.75, 3.05) is 0 Å². The summed E-state index contributed by atoms with van der Waals surface area (Å²) in [6.45, 7) is 3.95. The largest absolute Gasteiger partial charge is 0.456 e. The second kappa shape index (κ2) is 4.92. The normalized spacial score (nSPS) is 10.1. The first-order valence-corrected chi connectivity index (χ1v) is 5.76. The SMILES string of the molecule is Cc1ccc(Oc2ccccc2C)c(C(=N)N)c1. The highest BCUT2D eigenvalue weighted by Gasteiger charge is 2.09. The molecule has 0 fully saturated rings. The number of hydrogen-bond acceptors (Lipinski definition) is 2. The Hall–Kier alpha value is -2.29. The summed E-state index contributed by atoms with van der Waals surface area (Å²) in [6, 6.07) is 13.4. The van der Waals surface area contributed by atoms with E-state index in [1.165, 1.54) is 0 Å². The Morgan fingerprint density at radius 1 is 1.06 bits per heavy atom. The molecule has 0 bridgehead atoms. The lowest BCUT2D eigenvalue weighted by Gasteiger charge is -2.12. The molecule has 92 valence electrons. The van der Waals surface area contributed by atoms with Crippen LogP contribution in [0.3, 0.4) is 0 Å². The number of para-hydroxylation sites is 1. The molecule has 0 saturated carbocycles. The summed E-state index contributed by atoms with van der Waals surface area (Å²) in [4.78, 5) is 0. The van der Waals surface area contributed by atoms with E-state index < -0.39 is 0 Å². The first kappa shape index (κ1) is 12.2. The van der Waals surface area contributed by atoms with Crippen LogP contribution in [0.4, 0.5) is 0 Å². The number of ether oxygens (including phenoxy) is 1. The van der Waals surface area contributed by atoms with Gasteiger partial charge in [0, 0.05) is 0 Å². The van der Waals surface area contributed by atoms with E-state index in [9.17, 15) is 0 Å². The summed E-state index contributed by atoms with van der Waals surface area (Å²) in [6.07, 6.45) is 0. The van der Waals surface area contributed by atoms with E-state index in [0.29, 0.717) is 11.3 Å². The van der Waals surface area contributed by atoms with Gasteiger partial charge >= 0.3 is 0 Å². The molecule has 0 aromatic heterocycles. The van der Waals surface area contributed by atoms with Crippen LogP contribution in [-0.4, -0.2) is 5.84 Å². The lowest BCUT2D eigenvalue weighted by molar-refractivity contribution is 0.477. The van der Waals surface area contributed by atoms with Gasteiger partial charge in [0.2, 0.25) is 0 Å². The molecule has 0 aliphatic carbocycles. The highest BCUT2D eigenvalue weighted by molar-refractivity contribution is 5.97. The Morgan fingerprint density at radius 2 is 1.78 bits per heavy atom. The van der Waals surface area contributed by atoms with Crippen molar-refractivity contribution in [2.45, 2.75) is 13.8 Å². The molecule has 0 spiro atoms. The molecule has 3 N–H and O–H groups in total. The number of hydrogen-bond donors (Lipinski definition) is 2. The maximum absolute atomic E-state index is 7.59. The minimum Gasteiger partial charge on any atom is -0.456 e. The first-order chi connectivity index (χ1) is 8.58. The van der Waals surface area contributed by atoms with Crippen LogP contribution in [0.1, 0.15) is 16.7 Å². The Bertz CT molecular complexity index is 591. The smallest absolute Gasteiger partial charge is 0.138 e. The van der Waals surface area contributed by atoms with Crippen molar-refractivity contribution in [3.63, 3.8) is 0 Å². The zero-order valence-electron chi connectivity index (χ0n) is 10.5. The van der Waals surface area contributed by atoms with E-state index in [4.69, 9.17) is 15.9 Å². The highest BCUT2D eigenvalue weighted by Crippen LogP contribution is 2.28. The Morgan fingerprint density at radius 3 is 2.44 bits per heavy atom. The maximum atomic E-state index is 7.59. The fraction of sp³-hybridized carbons (Fsp3) is 0.133. The van der Waals surface area contributed by atoms with Gasteiger partial charge in [0.15, 0.2) is 0 Å². The summed E-state index contributed by atoms with van der Waals surface area (Å²) in [5.74, 6) is 1.41. The molecule has 0 atom stereocenters. The standard InChI is InChI=1S/C15H16N2O/c1-10-7-8-14(12(9-10)15(16)17)18-13-6-4-3-5-11(13)2/h3-9H,1-2H3,(H3,16,17). The van der Waals surface area contributed by atoms with Crippen LogP contribution in [0.15, 0.2) is 42.5 Å². The van der Waals surface area contributed by atoms with Crippen molar-refractivity contribution in [1.82, 2.24) is 0 Å². The van der Waals surface area contributed by atoms with Crippen LogP contribution >= 0.6 is 0 Å². The third-order valence-corrected chi connectivity index (χ3v) is 2.74. The number of nitrogen functional groups attached to an aromatic ring is 1. The lowest BCUT2D eigenvalue weighted by atomic mass is 10.1. The van der Waals surface area contributed by atoms with E-state index in [-0.39, 0.29) is 5.84 Å². The Balaban J connectivity index is 2.41. The van der Waals surface area contributed by atoms with Gasteiger partial charge in [-0.3, -0.25) is 5.41 Å². The predicted octanol–water partition coefficient (Wildman–Crippen LogP) is 3.38. The van der Waals surface area contributed by atoms with Crippen molar-refractivity contribution >= 4 is 5.84 Å². The quantitative estimate of drug-likeness (QED) is 0.638. The zero-order valence-corrected chi connectivity index (χ0v) is 10.5. The first-order valence-electron chi connectivity index (χ1n) is 5.76. The Labute approximate surface area is 107 Å². The summed E-state index contributed by atoms with van der Waals surface area (Å²) in [7, 11) is 0. The minimum absolute atomic E-state index is 0.0160. The van der Waals surface area contributed by atoms with Crippen LogP contribution in [-0.2, 0) is 0 Å². The highest BCUT2D eigenvalue weighted by atomic mass is 16.5. The Kier molecular flexibility index (Phi) is 3.33. The summed E-state index contributed by atoms with van der Waals surface area (Å²) in [5, 5.41) is 7.59. The van der Waals surface area contributed by atoms with Crippen molar-refractivity contribution in [2.24, 2.45) is 5.73 Å². The van der Waals surface area contributed by atoms with Crippen molar-refractivity contribution in [3.05, 3.63) is 59.2 Å². The third kappa shape index (κ3) is 2.51. The van der Waals surface area contributed by atoms with Gasteiger partial charge in [-0.25, -0.2) is 0 Å². The van der Waals surface area contributed by atoms with E-state index in [1.807, 2.05) is 56.3 Å². The van der Waals surface area contributed by atoms with Gasteiger partial charge in [0.1, 0.15) is 17.3 Å². The second-order valence-electron chi connectivity index (χ2n) is 4.28. The maximum Gasteiger partial charge on any atom is 0.138 e. The molecule has 2 rings (SSSR count). The lowest BCUT2D eigenvalue weighted by Crippen LogP contribution is -2.12. The van der Waals surface area contributed by atoms with E-state index in [1.54, 1.807) is 0 Å². The number of rotatable bonds is 3. The number of aryl methyl sites for hydroxylation is 2. The number of nitrogens with two attached hydrogens (primary N) is 1. The average Bonchev–Trinajstić information content (AvgIpc) is 2.34. The number of amidine groups is 1. The summed E-state index contributed by atoms with van der Waals surface area (Å²) < 4.78 is 5.84. The number of nitrogens with one attached hydrogen (secondary N) is 1. The molecule has 0 aliphatic heterocycles. The number of benzene rings is 2. The van der Waals surface area contributed by atoms with Crippen LogP contribution in [0.25, 0.3) is 0 Å². The average molecular weight is 240 g/mol. The van der Waals surface area contributed by atoms with Gasteiger partial charge in [0.25, 0.3) is 0 Å². The molecule has 2 aromatic rings. The van der Waals surface area contributed by atoms with Gasteiger partial charge in [-0.2, -0.15) is 0 Å². The van der Waals surface area contributed by atoms with Gasteiger partial charge in [0.05, 0.1) is 5.56 Å². The van der Waals surface area contributed by atoms with E-state index >= 15 is 0 Å². The van der Waals surface area contributed by atoms with Gasteiger partial charge in [-0.15, -0.1) is 0 Å². The predicted molar refractivity (Wildman–Crippen MR) is 73.4 cm³/mol. The van der Waals surface area contributed by atoms with E-state index in [2.05, 4.69) is 0 Å². The van der Waals surface area contributed by atoms with Crippen LogP contribution in [0, 0.1) is 19.3 Å². The van der Waals surface area contributed by atoms with Crippen molar-refractivity contribution < 1.29 is 4.74 Å². The fourth-order valence-electron chi connectivity index (χ4n) is 1.73. The molecule has 18 heavy (non-hydrogen) atoms.